The van der Waals surface area contributed by atoms with E-state index in [-0.39, 0.29) is 6.61 Å². The molecule has 0 atom stereocenters. The van der Waals surface area contributed by atoms with Gasteiger partial charge in [0.05, 0.1) is 13.2 Å². The summed E-state index contributed by atoms with van der Waals surface area (Å²) < 4.78 is 29.4. The van der Waals surface area contributed by atoms with Crippen molar-refractivity contribution in [1.29, 1.82) is 0 Å². The molecule has 4 nitrogen and oxygen atoms in total. The maximum Gasteiger partial charge on any atom is 0.395 e. The van der Waals surface area contributed by atoms with Crippen LogP contribution in [0.25, 0.3) is 16.8 Å². The van der Waals surface area contributed by atoms with Crippen LogP contribution < -0.4 is 0 Å². The van der Waals surface area contributed by atoms with Crippen molar-refractivity contribution >= 4 is 24.4 Å². The van der Waals surface area contributed by atoms with Crippen LogP contribution in [-0.4, -0.2) is 19.8 Å². The monoisotopic (exact) mass is 374 g/mol. The zero-order valence-electron chi connectivity index (χ0n) is 15.9. The van der Waals surface area contributed by atoms with E-state index in [2.05, 4.69) is 30.3 Å². The second-order valence-electron chi connectivity index (χ2n) is 5.96. The Morgan fingerprint density at radius 2 is 1.65 bits per heavy atom. The van der Waals surface area contributed by atoms with Crippen LogP contribution in [0.15, 0.2) is 59.6 Å². The summed E-state index contributed by atoms with van der Waals surface area (Å²) >= 11 is 0. The molecule has 0 bridgehead atoms. The van der Waals surface area contributed by atoms with Crippen molar-refractivity contribution in [3.63, 3.8) is 0 Å². The van der Waals surface area contributed by atoms with Crippen LogP contribution in [0.2, 0.25) is 0 Å². The molecule has 0 aliphatic heterocycles. The van der Waals surface area contributed by atoms with Crippen LogP contribution in [0.5, 0.6) is 0 Å². The van der Waals surface area contributed by atoms with Crippen LogP contribution >= 0.6 is 7.60 Å². The number of hydrogen-bond donors (Lipinski definition) is 0. The molecular formula is C21H27O4P. The average Bonchev–Trinajstić information content (AvgIpc) is 2.61. The molecule has 0 fully saturated rings. The average molecular weight is 374 g/mol. The summed E-state index contributed by atoms with van der Waals surface area (Å²) in [5.74, 6) is 0. The number of allylic oxidation sites excluding steroid dienone is 1. The highest BCUT2D eigenvalue weighted by Crippen LogP contribution is 2.57. The van der Waals surface area contributed by atoms with E-state index in [1.807, 2.05) is 38.1 Å². The van der Waals surface area contributed by atoms with E-state index < -0.39 is 7.60 Å². The van der Waals surface area contributed by atoms with Crippen LogP contribution in [0.1, 0.15) is 33.3 Å². The largest absolute Gasteiger partial charge is 0.482 e. The number of hydrogen-bond acceptors (Lipinski definition) is 4. The third-order valence-electron chi connectivity index (χ3n) is 3.67. The molecule has 0 aromatic heterocycles. The first kappa shape index (κ1) is 20.4. The van der Waals surface area contributed by atoms with Crippen molar-refractivity contribution in [2.45, 2.75) is 27.7 Å². The molecule has 0 aliphatic carbocycles. The highest BCUT2D eigenvalue weighted by molar-refractivity contribution is 7.58. The van der Waals surface area contributed by atoms with Gasteiger partial charge < -0.3 is 13.8 Å². The summed E-state index contributed by atoms with van der Waals surface area (Å²) in [6.45, 7) is 8.13. The molecule has 0 unspecified atom stereocenters. The summed E-state index contributed by atoms with van der Waals surface area (Å²) in [6.07, 6.45) is 3.89. The third-order valence-corrected chi connectivity index (χ3v) is 5.94. The number of rotatable bonds is 9. The predicted molar refractivity (Wildman–Crippen MR) is 108 cm³/mol. The zero-order valence-corrected chi connectivity index (χ0v) is 16.8. The smallest absolute Gasteiger partial charge is 0.395 e. The second kappa shape index (κ2) is 9.72. The maximum atomic E-state index is 12.9. The number of ether oxygens (including phenoxy) is 1. The van der Waals surface area contributed by atoms with Crippen molar-refractivity contribution in [2.24, 2.45) is 0 Å². The molecule has 5 heteroatoms. The van der Waals surface area contributed by atoms with E-state index in [1.54, 1.807) is 13.8 Å². The third kappa shape index (κ3) is 5.31. The second-order valence-corrected chi connectivity index (χ2v) is 7.88. The molecule has 0 saturated heterocycles. The summed E-state index contributed by atoms with van der Waals surface area (Å²) in [6, 6.07) is 14.5. The minimum Gasteiger partial charge on any atom is -0.482 e. The fourth-order valence-corrected chi connectivity index (χ4v) is 4.38. The highest BCUT2D eigenvalue weighted by Gasteiger charge is 2.32. The van der Waals surface area contributed by atoms with Crippen LogP contribution in [0.3, 0.4) is 0 Å². The minimum absolute atomic E-state index is 0.289. The Labute approximate surface area is 156 Å². The lowest BCUT2D eigenvalue weighted by molar-refractivity contribution is 0.188. The van der Waals surface area contributed by atoms with Crippen LogP contribution in [0.4, 0.5) is 0 Å². The first-order chi connectivity index (χ1) is 12.5. The molecule has 2 aromatic carbocycles. The lowest BCUT2D eigenvalue weighted by atomic mass is 10.1. The van der Waals surface area contributed by atoms with Crippen molar-refractivity contribution in [3.05, 3.63) is 65.2 Å². The predicted octanol–water partition coefficient (Wildman–Crippen LogP) is 6.39. The summed E-state index contributed by atoms with van der Waals surface area (Å²) in [5, 5.41) is 2.40. The maximum absolute atomic E-state index is 12.9. The van der Waals surface area contributed by atoms with Crippen molar-refractivity contribution in [1.82, 2.24) is 0 Å². The summed E-state index contributed by atoms with van der Waals surface area (Å²) in [4.78, 5) is 0. The quantitative estimate of drug-likeness (QED) is 0.377. The topological polar surface area (TPSA) is 44.8 Å². The number of fused-ring (bicyclic) bond motifs is 1. The Morgan fingerprint density at radius 3 is 2.27 bits per heavy atom. The Bertz CT molecular complexity index is 825. The first-order valence-electron chi connectivity index (χ1n) is 8.85. The van der Waals surface area contributed by atoms with Crippen molar-refractivity contribution < 1.29 is 18.3 Å². The Balaban J connectivity index is 2.08. The van der Waals surface area contributed by atoms with Gasteiger partial charge in [-0.25, -0.2) is 0 Å². The van der Waals surface area contributed by atoms with Gasteiger partial charge in [-0.3, -0.25) is 4.57 Å². The summed E-state index contributed by atoms with van der Waals surface area (Å²) in [5.41, 5.74) is 2.17. The SMILES string of the molecule is CCOP(=O)(OCC)C(OC/C=C/c1ccc2ccccc2c1)=C(C)C. The molecule has 0 heterocycles. The van der Waals surface area contributed by atoms with Gasteiger partial charge in [-0.05, 0) is 61.7 Å². The zero-order chi connectivity index (χ0) is 19.0. The minimum atomic E-state index is -3.41. The lowest BCUT2D eigenvalue weighted by Gasteiger charge is -2.21. The lowest BCUT2D eigenvalue weighted by Crippen LogP contribution is -2.04. The van der Waals surface area contributed by atoms with Gasteiger partial charge in [-0.15, -0.1) is 0 Å². The van der Waals surface area contributed by atoms with Gasteiger partial charge in [0, 0.05) is 0 Å². The molecule has 0 amide bonds. The van der Waals surface area contributed by atoms with E-state index in [0.29, 0.717) is 18.7 Å². The van der Waals surface area contributed by atoms with Gasteiger partial charge >= 0.3 is 7.60 Å². The van der Waals surface area contributed by atoms with Crippen LogP contribution in [0, 0.1) is 0 Å². The molecule has 0 spiro atoms. The fourth-order valence-electron chi connectivity index (χ4n) is 2.61. The first-order valence-corrected chi connectivity index (χ1v) is 10.4. The molecule has 0 aliphatic rings. The molecule has 0 saturated carbocycles. The van der Waals surface area contributed by atoms with Gasteiger partial charge in [0.15, 0.2) is 0 Å². The summed E-state index contributed by atoms with van der Waals surface area (Å²) in [7, 11) is -3.41. The van der Waals surface area contributed by atoms with Gasteiger partial charge in [-0.2, -0.15) is 0 Å². The van der Waals surface area contributed by atoms with E-state index >= 15 is 0 Å². The van der Waals surface area contributed by atoms with Gasteiger partial charge in [-0.1, -0.05) is 42.5 Å². The van der Waals surface area contributed by atoms with Gasteiger partial charge in [0.1, 0.15) is 6.61 Å². The van der Waals surface area contributed by atoms with Crippen molar-refractivity contribution in [2.75, 3.05) is 19.8 Å². The van der Waals surface area contributed by atoms with E-state index in [4.69, 9.17) is 13.8 Å². The van der Waals surface area contributed by atoms with E-state index in [0.717, 1.165) is 11.1 Å². The van der Waals surface area contributed by atoms with Gasteiger partial charge in [0.25, 0.3) is 0 Å². The fraction of sp³-hybridized carbons (Fsp3) is 0.333. The molecule has 140 valence electrons. The molecule has 2 aromatic rings. The molecule has 26 heavy (non-hydrogen) atoms. The Kier molecular flexibility index (Phi) is 7.65. The van der Waals surface area contributed by atoms with Crippen LogP contribution in [-0.2, 0) is 18.3 Å². The molecule has 2 rings (SSSR count). The molecule has 0 radical (unpaired) electrons. The Hall–Kier alpha value is -1.87. The Morgan fingerprint density at radius 1 is 1.00 bits per heavy atom. The number of benzene rings is 2. The standard InChI is InChI=1S/C21H27O4P/c1-5-24-26(22,25-6-2)21(17(3)4)23-15-9-10-18-13-14-19-11-7-8-12-20(19)16-18/h7-14,16H,5-6,15H2,1-4H3/b10-9+. The van der Waals surface area contributed by atoms with Gasteiger partial charge in [0.2, 0.25) is 5.50 Å². The van der Waals surface area contributed by atoms with Crippen molar-refractivity contribution in [3.8, 4) is 0 Å². The van der Waals surface area contributed by atoms with E-state index in [9.17, 15) is 4.57 Å². The molecule has 0 N–H and O–H groups in total. The van der Waals surface area contributed by atoms with E-state index in [1.165, 1.54) is 10.8 Å². The normalized spacial score (nSPS) is 11.8. The molecular weight excluding hydrogens is 347 g/mol. The highest BCUT2D eigenvalue weighted by atomic mass is 31.2.